The second-order valence-electron chi connectivity index (χ2n) is 12.3. The Morgan fingerprint density at radius 3 is 2.44 bits per heavy atom. The van der Waals surface area contributed by atoms with E-state index in [1.54, 1.807) is 37.2 Å². The van der Waals surface area contributed by atoms with Crippen LogP contribution in [0.25, 0.3) is 0 Å². The molecule has 0 saturated heterocycles. The van der Waals surface area contributed by atoms with E-state index in [1.165, 1.54) is 5.01 Å². The molecule has 3 aromatic carbocycles. The molecule has 0 bridgehead atoms. The number of amides is 2. The Balaban J connectivity index is 1.42. The van der Waals surface area contributed by atoms with Crippen molar-refractivity contribution in [3.05, 3.63) is 95.6 Å². The van der Waals surface area contributed by atoms with Crippen molar-refractivity contribution in [2.24, 2.45) is 11.0 Å². The van der Waals surface area contributed by atoms with Crippen LogP contribution in [0.3, 0.4) is 0 Å². The van der Waals surface area contributed by atoms with Crippen LogP contribution in [0.1, 0.15) is 49.0 Å². The van der Waals surface area contributed by atoms with Crippen molar-refractivity contribution in [3.8, 4) is 5.75 Å². The van der Waals surface area contributed by atoms with E-state index in [0.717, 1.165) is 22.4 Å². The Bertz CT molecular complexity index is 1510. The molecule has 1 unspecified atom stereocenters. The third-order valence-electron chi connectivity index (χ3n) is 8.81. The normalized spacial score (nSPS) is 20.6. The number of halogens is 1. The lowest BCUT2D eigenvalue weighted by Crippen LogP contribution is -2.48. The van der Waals surface area contributed by atoms with Crippen LogP contribution in [0.2, 0.25) is 18.6 Å². The monoisotopic (exact) mass is 631 g/mol. The van der Waals surface area contributed by atoms with Crippen LogP contribution in [0.5, 0.6) is 5.75 Å². The first kappa shape index (κ1) is 32.5. The third kappa shape index (κ3) is 7.35. The molecule has 0 fully saturated rings. The first-order valence-corrected chi connectivity index (χ1v) is 18.5. The van der Waals surface area contributed by atoms with Gasteiger partial charge in [0.15, 0.2) is 0 Å². The maximum atomic E-state index is 16.1. The van der Waals surface area contributed by atoms with Crippen molar-refractivity contribution in [2.75, 3.05) is 25.3 Å². The number of aliphatic hydroxyl groups is 1. The minimum Gasteiger partial charge on any atom is -0.490 e. The number of fused-ring (bicyclic) bond motifs is 1. The molecule has 0 saturated carbocycles. The molecule has 0 spiro atoms. The molecule has 2 aliphatic heterocycles. The van der Waals surface area contributed by atoms with Crippen molar-refractivity contribution in [1.29, 1.82) is 0 Å². The number of carbonyl (C=O) groups is 2. The molecule has 45 heavy (non-hydrogen) atoms. The molecular weight excluding hydrogens is 589 g/mol. The number of carbonyl (C=O) groups excluding carboxylic acids is 2. The first-order chi connectivity index (χ1) is 21.6. The van der Waals surface area contributed by atoms with Crippen LogP contribution < -0.4 is 9.75 Å². The van der Waals surface area contributed by atoms with Gasteiger partial charge in [0, 0.05) is 56.5 Å². The minimum atomic E-state index is -3.45. The summed E-state index contributed by atoms with van der Waals surface area (Å²) in [7, 11) is -1.84. The highest BCUT2D eigenvalue weighted by molar-refractivity contribution is 6.72. The average molecular weight is 632 g/mol. The lowest BCUT2D eigenvalue weighted by Gasteiger charge is -2.43. The minimum absolute atomic E-state index is 0.0410. The van der Waals surface area contributed by atoms with Gasteiger partial charge in [-0.25, -0.2) is 5.01 Å². The molecule has 0 aliphatic carbocycles. The first-order valence-electron chi connectivity index (χ1n) is 15.5. The Kier molecular flexibility index (Phi) is 10.2. The van der Waals surface area contributed by atoms with E-state index in [1.807, 2.05) is 73.7 Å². The zero-order valence-corrected chi connectivity index (χ0v) is 27.4. The van der Waals surface area contributed by atoms with Gasteiger partial charge in [0.05, 0.1) is 24.1 Å². The van der Waals surface area contributed by atoms with Crippen LogP contribution in [0.15, 0.2) is 84.0 Å². The Morgan fingerprint density at radius 2 is 1.80 bits per heavy atom. The number of nitrogens with zero attached hydrogens (tertiary/aromatic N) is 3. The molecule has 8 nitrogen and oxygen atoms in total. The quantitative estimate of drug-likeness (QED) is 0.199. The molecule has 4 atom stereocenters. The number of hydrogen-bond acceptors (Lipinski definition) is 6. The predicted molar refractivity (Wildman–Crippen MR) is 175 cm³/mol. The summed E-state index contributed by atoms with van der Waals surface area (Å²) in [5.74, 6) is -0.0766. The summed E-state index contributed by atoms with van der Waals surface area (Å²) < 4.78 is 28.7. The van der Waals surface area contributed by atoms with E-state index < -0.39 is 26.2 Å². The third-order valence-corrected chi connectivity index (χ3v) is 11.1. The number of benzene rings is 3. The van der Waals surface area contributed by atoms with Gasteiger partial charge < -0.3 is 23.6 Å². The van der Waals surface area contributed by atoms with Crippen molar-refractivity contribution in [1.82, 2.24) is 4.90 Å². The maximum Gasteiger partial charge on any atom is 0.248 e. The number of hydrogen-bond donors (Lipinski definition) is 1. The van der Waals surface area contributed by atoms with Crippen molar-refractivity contribution in [2.45, 2.75) is 63.6 Å². The molecule has 238 valence electrons. The number of ether oxygens (including phenoxy) is 2. The van der Waals surface area contributed by atoms with Crippen LogP contribution >= 0.6 is 0 Å². The van der Waals surface area contributed by atoms with Gasteiger partial charge in [-0.2, -0.15) is 5.10 Å². The van der Waals surface area contributed by atoms with Gasteiger partial charge >= 0.3 is 0 Å². The highest BCUT2D eigenvalue weighted by Crippen LogP contribution is 2.48. The zero-order chi connectivity index (χ0) is 32.1. The molecule has 2 amide bonds. The van der Waals surface area contributed by atoms with Crippen LogP contribution in [-0.4, -0.2) is 62.3 Å². The summed E-state index contributed by atoms with van der Waals surface area (Å²) in [5, 5.41) is 15.8. The van der Waals surface area contributed by atoms with Gasteiger partial charge in [0.2, 0.25) is 20.2 Å². The number of rotatable bonds is 11. The predicted octanol–water partition coefficient (Wildman–Crippen LogP) is 6.26. The average Bonchev–Trinajstić information content (AvgIpc) is 3.03. The summed E-state index contributed by atoms with van der Waals surface area (Å²) >= 11 is 0. The second kappa shape index (κ2) is 14.1. The molecule has 0 radical (unpaired) electrons. The van der Waals surface area contributed by atoms with Gasteiger partial charge in [-0.15, -0.1) is 0 Å². The maximum absolute atomic E-state index is 16.1. The standard InChI is InChI=1S/C35H42FN3O5Si/c1-24-34(43-2)28-21-27(39-32(41)18-16-29(37-39)26-13-9-6-10-14-26)15-17-30(28)44-35(24)31(45(3,4)36)22-33(42)38(19-20-40)23-25-11-7-5-8-12-25/h5-15,17,21,24,31,34-35,40H,16,18-20,22-23H2,1-4H3/t24-,31?,34-,35-/m0/s1. The summed E-state index contributed by atoms with van der Waals surface area (Å²) in [6.07, 6.45) is -0.201. The van der Waals surface area contributed by atoms with Crippen molar-refractivity contribution >= 4 is 31.6 Å². The highest BCUT2D eigenvalue weighted by Gasteiger charge is 2.48. The fourth-order valence-corrected chi connectivity index (χ4v) is 8.18. The summed E-state index contributed by atoms with van der Waals surface area (Å²) in [6, 6.07) is 24.8. The van der Waals surface area contributed by atoms with E-state index in [9.17, 15) is 14.7 Å². The van der Waals surface area contributed by atoms with Gasteiger partial charge in [-0.3, -0.25) is 9.59 Å². The summed E-state index contributed by atoms with van der Waals surface area (Å²) in [6.45, 7) is 5.48. The fourth-order valence-electron chi connectivity index (χ4n) is 6.37. The van der Waals surface area contributed by atoms with Crippen LogP contribution in [-0.2, 0) is 20.9 Å². The molecule has 10 heteroatoms. The van der Waals surface area contributed by atoms with E-state index in [-0.39, 0.29) is 37.3 Å². The highest BCUT2D eigenvalue weighted by atomic mass is 28.4. The van der Waals surface area contributed by atoms with Gasteiger partial charge in [0.25, 0.3) is 0 Å². The summed E-state index contributed by atoms with van der Waals surface area (Å²) in [5.41, 5.74) is 3.45. The summed E-state index contributed by atoms with van der Waals surface area (Å²) in [4.78, 5) is 28.2. The number of hydrazone groups is 1. The fraction of sp³-hybridized carbons (Fsp3) is 0.400. The van der Waals surface area contributed by atoms with E-state index in [2.05, 4.69) is 0 Å². The Labute approximate surface area is 265 Å². The lowest BCUT2D eigenvalue weighted by molar-refractivity contribution is -0.133. The molecule has 3 aromatic rings. The number of anilines is 1. The van der Waals surface area contributed by atoms with E-state index in [4.69, 9.17) is 14.6 Å². The topological polar surface area (TPSA) is 91.7 Å². The lowest BCUT2D eigenvalue weighted by atomic mass is 9.86. The van der Waals surface area contributed by atoms with Crippen LogP contribution in [0, 0.1) is 5.92 Å². The SMILES string of the molecule is CO[C@@H]1c2cc(N3N=C(c4ccccc4)CCC3=O)ccc2O[C@H](C(CC(=O)N(CCO)Cc2ccccc2)[Si](C)(C)F)[C@H]1C. The Hall–Kier alpha value is -3.86. The molecule has 2 heterocycles. The Morgan fingerprint density at radius 1 is 1.11 bits per heavy atom. The van der Waals surface area contributed by atoms with Gasteiger partial charge in [0.1, 0.15) is 11.9 Å². The van der Waals surface area contributed by atoms with Crippen LogP contribution in [0.4, 0.5) is 9.80 Å². The van der Waals surface area contributed by atoms with Crippen molar-refractivity contribution < 1.29 is 28.3 Å². The number of aliphatic hydroxyl groups excluding tert-OH is 1. The van der Waals surface area contributed by atoms with Gasteiger partial charge in [-0.05, 0) is 42.4 Å². The van der Waals surface area contributed by atoms with Crippen molar-refractivity contribution in [3.63, 3.8) is 0 Å². The largest absolute Gasteiger partial charge is 0.490 e. The second-order valence-corrected chi connectivity index (χ2v) is 16.2. The van der Waals surface area contributed by atoms with E-state index in [0.29, 0.717) is 30.8 Å². The zero-order valence-electron chi connectivity index (χ0n) is 26.4. The molecular formula is C35H42FN3O5Si. The molecule has 1 N–H and O–H groups in total. The van der Waals surface area contributed by atoms with E-state index >= 15 is 4.11 Å². The smallest absolute Gasteiger partial charge is 0.248 e. The van der Waals surface area contributed by atoms with Gasteiger partial charge in [-0.1, -0.05) is 67.6 Å². The molecule has 0 aromatic heterocycles. The number of methoxy groups -OCH3 is 1. The molecule has 2 aliphatic rings. The molecule has 5 rings (SSSR count).